The molecular weight excluding hydrogens is 227 g/mol. The molecule has 0 spiro atoms. The number of halogens is 2. The zero-order chi connectivity index (χ0) is 10.3. The van der Waals surface area contributed by atoms with Crippen molar-refractivity contribution < 1.29 is 4.92 Å². The van der Waals surface area contributed by atoms with Gasteiger partial charge in [-0.25, -0.2) is 0 Å². The average Bonchev–Trinajstić information content (AvgIpc) is 2.49. The number of aromatic amines is 1. The van der Waals surface area contributed by atoms with Crippen LogP contribution in [-0.2, 0) is 0 Å². The molecule has 1 aromatic carbocycles. The van der Waals surface area contributed by atoms with Crippen LogP contribution in [0.5, 0.6) is 0 Å². The van der Waals surface area contributed by atoms with Crippen LogP contribution in [0.2, 0.25) is 10.0 Å². The second-order valence-corrected chi connectivity index (χ2v) is 3.52. The van der Waals surface area contributed by atoms with Gasteiger partial charge in [0.25, 0.3) is 5.69 Å². The van der Waals surface area contributed by atoms with Crippen LogP contribution in [-0.4, -0.2) is 9.91 Å². The zero-order valence-electron chi connectivity index (χ0n) is 6.75. The second-order valence-electron chi connectivity index (χ2n) is 2.71. The third-order valence-corrected chi connectivity index (χ3v) is 2.52. The first kappa shape index (κ1) is 9.30. The molecule has 1 N–H and O–H groups in total. The molecule has 0 aliphatic heterocycles. The van der Waals surface area contributed by atoms with E-state index < -0.39 is 4.92 Å². The number of nitro benzene ring substituents is 1. The van der Waals surface area contributed by atoms with E-state index in [2.05, 4.69) is 4.98 Å². The van der Waals surface area contributed by atoms with Crippen LogP contribution in [0.4, 0.5) is 5.69 Å². The molecule has 0 radical (unpaired) electrons. The maximum absolute atomic E-state index is 10.6. The van der Waals surface area contributed by atoms with Crippen LogP contribution in [0.25, 0.3) is 10.9 Å². The molecule has 0 aliphatic carbocycles. The van der Waals surface area contributed by atoms with Crippen molar-refractivity contribution in [1.82, 2.24) is 4.98 Å². The summed E-state index contributed by atoms with van der Waals surface area (Å²) in [6, 6.07) is 2.80. The lowest BCUT2D eigenvalue weighted by Gasteiger charge is -1.96. The largest absolute Gasteiger partial charge is 0.354 e. The summed E-state index contributed by atoms with van der Waals surface area (Å²) in [6.45, 7) is 0. The standard InChI is InChI=1S/C8H4Cl2N2O2/c9-4-1-2-6(12(13)14)8-7(4)5(10)3-11-8/h1-3,11H. The summed E-state index contributed by atoms with van der Waals surface area (Å²) in [6.07, 6.45) is 1.48. The Morgan fingerprint density at radius 1 is 1.29 bits per heavy atom. The van der Waals surface area contributed by atoms with Gasteiger partial charge in [0.15, 0.2) is 0 Å². The topological polar surface area (TPSA) is 58.9 Å². The Morgan fingerprint density at radius 3 is 2.64 bits per heavy atom. The normalized spacial score (nSPS) is 10.7. The van der Waals surface area contributed by atoms with Gasteiger partial charge < -0.3 is 4.98 Å². The molecule has 0 fully saturated rings. The molecule has 1 heterocycles. The fourth-order valence-electron chi connectivity index (χ4n) is 1.31. The monoisotopic (exact) mass is 230 g/mol. The SMILES string of the molecule is O=[N+]([O-])c1ccc(Cl)c2c(Cl)c[nH]c12. The number of nitrogens with zero attached hydrogens (tertiary/aromatic N) is 1. The smallest absolute Gasteiger partial charge is 0.293 e. The lowest BCUT2D eigenvalue weighted by molar-refractivity contribution is -0.383. The number of aromatic nitrogens is 1. The van der Waals surface area contributed by atoms with Crippen LogP contribution in [0.15, 0.2) is 18.3 Å². The van der Waals surface area contributed by atoms with Gasteiger partial charge in [0, 0.05) is 17.6 Å². The lowest BCUT2D eigenvalue weighted by Crippen LogP contribution is -1.88. The van der Waals surface area contributed by atoms with E-state index >= 15 is 0 Å². The summed E-state index contributed by atoms with van der Waals surface area (Å²) in [5, 5.41) is 11.9. The van der Waals surface area contributed by atoms with Crippen molar-refractivity contribution in [1.29, 1.82) is 0 Å². The van der Waals surface area contributed by atoms with E-state index in [0.717, 1.165) is 0 Å². The van der Waals surface area contributed by atoms with Gasteiger partial charge in [0.1, 0.15) is 5.52 Å². The fourth-order valence-corrected chi connectivity index (χ4v) is 1.86. The van der Waals surface area contributed by atoms with Gasteiger partial charge in [-0.2, -0.15) is 0 Å². The van der Waals surface area contributed by atoms with Crippen molar-refractivity contribution in [3.8, 4) is 0 Å². The van der Waals surface area contributed by atoms with Gasteiger partial charge in [-0.15, -0.1) is 0 Å². The molecule has 0 unspecified atom stereocenters. The minimum absolute atomic E-state index is 0.0312. The Balaban J connectivity index is 2.90. The molecule has 0 bridgehead atoms. The molecule has 4 nitrogen and oxygen atoms in total. The number of rotatable bonds is 1. The lowest BCUT2D eigenvalue weighted by atomic mass is 10.2. The van der Waals surface area contributed by atoms with Gasteiger partial charge in [-0.05, 0) is 6.07 Å². The molecule has 1 aromatic heterocycles. The molecular formula is C8H4Cl2N2O2. The molecule has 0 amide bonds. The quantitative estimate of drug-likeness (QED) is 0.604. The molecule has 0 saturated heterocycles. The summed E-state index contributed by atoms with van der Waals surface area (Å²) in [4.78, 5) is 12.9. The van der Waals surface area contributed by atoms with E-state index in [-0.39, 0.29) is 5.69 Å². The Bertz CT molecular complexity index is 521. The Hall–Kier alpha value is -1.26. The van der Waals surface area contributed by atoms with Crippen LogP contribution < -0.4 is 0 Å². The summed E-state index contributed by atoms with van der Waals surface area (Å²) < 4.78 is 0. The minimum Gasteiger partial charge on any atom is -0.354 e. The van der Waals surface area contributed by atoms with Gasteiger partial charge in [-0.3, -0.25) is 10.1 Å². The van der Waals surface area contributed by atoms with E-state index in [1.165, 1.54) is 18.3 Å². The van der Waals surface area contributed by atoms with Crippen LogP contribution in [0.1, 0.15) is 0 Å². The maximum Gasteiger partial charge on any atom is 0.293 e. The average molecular weight is 231 g/mol. The molecule has 14 heavy (non-hydrogen) atoms. The Kier molecular flexibility index (Phi) is 2.09. The fraction of sp³-hybridized carbons (Fsp3) is 0. The Morgan fingerprint density at radius 2 is 2.00 bits per heavy atom. The summed E-state index contributed by atoms with van der Waals surface area (Å²) >= 11 is 11.7. The highest BCUT2D eigenvalue weighted by atomic mass is 35.5. The summed E-state index contributed by atoms with van der Waals surface area (Å²) in [5.74, 6) is 0. The van der Waals surface area contributed by atoms with Gasteiger partial charge >= 0.3 is 0 Å². The first-order chi connectivity index (χ1) is 6.61. The van der Waals surface area contributed by atoms with E-state index in [4.69, 9.17) is 23.2 Å². The molecule has 2 rings (SSSR count). The van der Waals surface area contributed by atoms with Crippen LogP contribution in [0.3, 0.4) is 0 Å². The molecule has 2 aromatic rings. The number of H-pyrrole nitrogens is 1. The first-order valence-corrected chi connectivity index (χ1v) is 4.46. The van der Waals surface area contributed by atoms with E-state index in [0.29, 0.717) is 20.9 Å². The van der Waals surface area contributed by atoms with Crippen molar-refractivity contribution >= 4 is 39.8 Å². The van der Waals surface area contributed by atoms with Crippen molar-refractivity contribution in [3.05, 3.63) is 38.5 Å². The Labute approximate surface area is 88.6 Å². The summed E-state index contributed by atoms with van der Waals surface area (Å²) in [7, 11) is 0. The number of non-ortho nitro benzene ring substituents is 1. The molecule has 0 saturated carbocycles. The molecule has 72 valence electrons. The number of hydrogen-bond donors (Lipinski definition) is 1. The van der Waals surface area contributed by atoms with Crippen molar-refractivity contribution in [3.63, 3.8) is 0 Å². The van der Waals surface area contributed by atoms with E-state index in [9.17, 15) is 10.1 Å². The molecule has 0 aliphatic rings. The minimum atomic E-state index is -0.481. The van der Waals surface area contributed by atoms with E-state index in [1.54, 1.807) is 0 Å². The summed E-state index contributed by atoms with van der Waals surface area (Å²) in [5.41, 5.74) is 0.323. The van der Waals surface area contributed by atoms with Gasteiger partial charge in [0.05, 0.1) is 15.0 Å². The first-order valence-electron chi connectivity index (χ1n) is 3.70. The van der Waals surface area contributed by atoms with E-state index in [1.807, 2.05) is 0 Å². The highest BCUT2D eigenvalue weighted by Crippen LogP contribution is 2.35. The number of nitrogens with one attached hydrogen (secondary N) is 1. The predicted octanol–water partition coefficient (Wildman–Crippen LogP) is 3.38. The second kappa shape index (κ2) is 3.15. The van der Waals surface area contributed by atoms with Crippen LogP contribution in [0, 0.1) is 10.1 Å². The zero-order valence-corrected chi connectivity index (χ0v) is 8.26. The highest BCUT2D eigenvalue weighted by Gasteiger charge is 2.16. The number of nitro groups is 1. The number of benzene rings is 1. The predicted molar refractivity (Wildman–Crippen MR) is 55.0 cm³/mol. The number of fused-ring (bicyclic) bond motifs is 1. The van der Waals surface area contributed by atoms with Gasteiger partial charge in [0.2, 0.25) is 0 Å². The molecule has 0 atom stereocenters. The third kappa shape index (κ3) is 1.23. The maximum atomic E-state index is 10.6. The molecule has 6 heteroatoms. The van der Waals surface area contributed by atoms with Crippen molar-refractivity contribution in [2.24, 2.45) is 0 Å². The van der Waals surface area contributed by atoms with Crippen LogP contribution >= 0.6 is 23.2 Å². The van der Waals surface area contributed by atoms with Crippen molar-refractivity contribution in [2.45, 2.75) is 0 Å². The highest BCUT2D eigenvalue weighted by molar-refractivity contribution is 6.42. The van der Waals surface area contributed by atoms with Gasteiger partial charge in [-0.1, -0.05) is 23.2 Å². The van der Waals surface area contributed by atoms with Crippen molar-refractivity contribution in [2.75, 3.05) is 0 Å². The number of hydrogen-bond acceptors (Lipinski definition) is 2. The third-order valence-electron chi connectivity index (χ3n) is 1.91.